The highest BCUT2D eigenvalue weighted by Gasteiger charge is 2.39. The van der Waals surface area contributed by atoms with Gasteiger partial charge in [0, 0.05) is 18.5 Å². The first-order valence-corrected chi connectivity index (χ1v) is 15.3. The van der Waals surface area contributed by atoms with Crippen molar-refractivity contribution in [3.63, 3.8) is 0 Å². The van der Waals surface area contributed by atoms with Crippen LogP contribution in [0.4, 0.5) is 10.5 Å². The van der Waals surface area contributed by atoms with Gasteiger partial charge >= 0.3 is 6.09 Å². The number of ether oxygens (including phenoxy) is 1. The summed E-state index contributed by atoms with van der Waals surface area (Å²) in [7, 11) is -4.43. The summed E-state index contributed by atoms with van der Waals surface area (Å²) in [5, 5.41) is 12.3. The Labute approximate surface area is 246 Å². The maximum Gasteiger partial charge on any atom is 0.424 e. The van der Waals surface area contributed by atoms with Gasteiger partial charge in [-0.1, -0.05) is 54.1 Å². The predicted molar refractivity (Wildman–Crippen MR) is 156 cm³/mol. The topological polar surface area (TPSA) is 134 Å². The molecule has 0 spiro atoms. The summed E-state index contributed by atoms with van der Waals surface area (Å²) < 4.78 is 33.9. The molecule has 4 aromatic rings. The molecule has 41 heavy (non-hydrogen) atoms. The summed E-state index contributed by atoms with van der Waals surface area (Å²) in [6, 6.07) is 20.2. The normalized spacial score (nSPS) is 15.2. The number of carbonyl (C=O) groups excluding carboxylic acids is 2. The van der Waals surface area contributed by atoms with Gasteiger partial charge in [0.25, 0.3) is 10.0 Å². The number of nitrogens with two attached hydrogens (primary N) is 1. The van der Waals surface area contributed by atoms with Crippen molar-refractivity contribution in [2.24, 2.45) is 5.92 Å². The molecule has 5 rings (SSSR count). The third-order valence-electron chi connectivity index (χ3n) is 6.88. The van der Waals surface area contributed by atoms with Crippen LogP contribution in [0, 0.1) is 17.2 Å². The number of halogens is 1. The summed E-state index contributed by atoms with van der Waals surface area (Å²) >= 11 is 7.59. The summed E-state index contributed by atoms with van der Waals surface area (Å²) in [4.78, 5) is 28.6. The number of amides is 2. The highest BCUT2D eigenvalue weighted by molar-refractivity contribution is 7.89. The monoisotopic (exact) mass is 608 g/mol. The molecule has 0 radical (unpaired) electrons. The molecule has 3 aromatic carbocycles. The third-order valence-corrected chi connectivity index (χ3v) is 9.92. The van der Waals surface area contributed by atoms with E-state index in [0.717, 1.165) is 5.56 Å². The molecule has 1 aliphatic rings. The average molecular weight is 609 g/mol. The lowest BCUT2D eigenvalue weighted by Crippen LogP contribution is -2.42. The van der Waals surface area contributed by atoms with Crippen molar-refractivity contribution in [1.82, 2.24) is 9.21 Å². The largest absolute Gasteiger partial charge is 0.444 e. The smallest absolute Gasteiger partial charge is 0.424 e. The van der Waals surface area contributed by atoms with Crippen molar-refractivity contribution < 1.29 is 22.7 Å². The van der Waals surface area contributed by atoms with Crippen molar-refractivity contribution >= 4 is 61.4 Å². The number of sulfonamides is 1. The van der Waals surface area contributed by atoms with Crippen molar-refractivity contribution in [1.29, 1.82) is 5.26 Å². The number of benzene rings is 3. The Balaban J connectivity index is 1.41. The third kappa shape index (κ3) is 6.00. The zero-order chi connectivity index (χ0) is 29.1. The zero-order valence-electron chi connectivity index (χ0n) is 21.7. The number of hydrogen-bond donors (Lipinski definition) is 1. The molecule has 0 bridgehead atoms. The minimum atomic E-state index is -4.43. The second-order valence-corrected chi connectivity index (χ2v) is 12.8. The van der Waals surface area contributed by atoms with Crippen LogP contribution in [0.5, 0.6) is 0 Å². The number of nitrogens with zero attached hydrogens (tertiary/aromatic N) is 3. The molecule has 0 saturated carbocycles. The first kappa shape index (κ1) is 28.4. The molecule has 210 valence electrons. The Morgan fingerprint density at radius 2 is 1.93 bits per heavy atom. The van der Waals surface area contributed by atoms with Gasteiger partial charge in [-0.25, -0.2) is 13.2 Å². The number of nitriles is 1. The lowest BCUT2D eigenvalue weighted by Gasteiger charge is -2.25. The van der Waals surface area contributed by atoms with Crippen LogP contribution in [0.25, 0.3) is 10.8 Å². The summed E-state index contributed by atoms with van der Waals surface area (Å²) in [5.74, 6) is -1.02. The molecule has 2 heterocycles. The number of anilines is 1. The van der Waals surface area contributed by atoms with Gasteiger partial charge in [-0.3, -0.25) is 4.79 Å². The van der Waals surface area contributed by atoms with Crippen molar-refractivity contribution in [2.75, 3.05) is 18.8 Å². The molecule has 0 unspecified atom stereocenters. The van der Waals surface area contributed by atoms with Gasteiger partial charge in [-0.2, -0.15) is 9.57 Å². The minimum Gasteiger partial charge on any atom is -0.444 e. The van der Waals surface area contributed by atoms with Crippen LogP contribution in [-0.4, -0.2) is 42.7 Å². The maximum absolute atomic E-state index is 13.9. The number of thiophene rings is 1. The molecule has 1 saturated heterocycles. The Bertz CT molecular complexity index is 1770. The van der Waals surface area contributed by atoms with Gasteiger partial charge in [0.1, 0.15) is 17.6 Å². The summed E-state index contributed by atoms with van der Waals surface area (Å²) in [6.07, 6.45) is -0.717. The Morgan fingerprint density at radius 3 is 2.66 bits per heavy atom. The highest BCUT2D eigenvalue weighted by Crippen LogP contribution is 2.32. The van der Waals surface area contributed by atoms with E-state index in [1.165, 1.54) is 29.5 Å². The van der Waals surface area contributed by atoms with Gasteiger partial charge in [0.2, 0.25) is 5.91 Å². The maximum atomic E-state index is 13.9. The molecule has 9 nitrogen and oxygen atoms in total. The number of rotatable bonds is 8. The number of fused-ring (bicyclic) bond motifs is 1. The van der Waals surface area contributed by atoms with Gasteiger partial charge < -0.3 is 15.4 Å². The first-order chi connectivity index (χ1) is 19.7. The van der Waals surface area contributed by atoms with E-state index in [4.69, 9.17) is 27.3 Å². The first-order valence-electron chi connectivity index (χ1n) is 12.6. The Hall–Kier alpha value is -4.11. The molecule has 1 aliphatic heterocycles. The van der Waals surface area contributed by atoms with Gasteiger partial charge in [-0.15, -0.1) is 11.3 Å². The molecule has 2 N–H and O–H groups in total. The fourth-order valence-corrected chi connectivity index (χ4v) is 7.03. The van der Waals surface area contributed by atoms with Crippen LogP contribution in [0.1, 0.15) is 22.4 Å². The van der Waals surface area contributed by atoms with Crippen molar-refractivity contribution in [2.45, 2.75) is 24.5 Å². The van der Waals surface area contributed by atoms with Crippen LogP contribution in [-0.2, 0) is 32.7 Å². The van der Waals surface area contributed by atoms with Crippen LogP contribution in [0.2, 0.25) is 5.02 Å². The standard InChI is InChI=1S/C29H25ClN4O5S2/c30-27-25-8-7-24(13-21(25)6-9-26(27)32)41(37,38)34(29(36)39-17-19-4-2-1-3-5-19)16-22-10-11-33(28(22)35)15-20-12-23(14-31)40-18-20/h1-9,12-13,18,22H,10-11,15-17,32H2/t22-/m0/s1. The fourth-order valence-electron chi connectivity index (χ4n) is 4.70. The van der Waals surface area contributed by atoms with Gasteiger partial charge in [0.15, 0.2) is 0 Å². The van der Waals surface area contributed by atoms with Crippen LogP contribution in [0.3, 0.4) is 0 Å². The molecule has 2 amide bonds. The number of hydrogen-bond acceptors (Lipinski definition) is 8. The fraction of sp³-hybridized carbons (Fsp3) is 0.207. The van der Waals surface area contributed by atoms with E-state index in [2.05, 4.69) is 6.07 Å². The quantitative estimate of drug-likeness (QED) is 0.265. The molecule has 1 aromatic heterocycles. The van der Waals surface area contributed by atoms with E-state index < -0.39 is 22.0 Å². The summed E-state index contributed by atoms with van der Waals surface area (Å²) in [5.41, 5.74) is 7.75. The van der Waals surface area contributed by atoms with Crippen LogP contribution >= 0.6 is 22.9 Å². The second kappa shape index (κ2) is 11.8. The molecule has 1 atom stereocenters. The highest BCUT2D eigenvalue weighted by atomic mass is 35.5. The predicted octanol–water partition coefficient (Wildman–Crippen LogP) is 5.38. The van der Waals surface area contributed by atoms with E-state index in [0.29, 0.717) is 55.7 Å². The van der Waals surface area contributed by atoms with Crippen LogP contribution < -0.4 is 5.73 Å². The molecule has 12 heteroatoms. The molecular weight excluding hydrogens is 584 g/mol. The van der Waals surface area contributed by atoms with E-state index in [9.17, 15) is 18.0 Å². The number of carbonyl (C=O) groups is 2. The molecule has 1 fully saturated rings. The van der Waals surface area contributed by atoms with E-state index in [1.54, 1.807) is 47.4 Å². The van der Waals surface area contributed by atoms with E-state index in [-0.39, 0.29) is 24.0 Å². The SMILES string of the molecule is N#Cc1cc(CN2CC[C@@H](CN(C(=O)OCc3ccccc3)S(=O)(=O)c3ccc4c(Cl)c(N)ccc4c3)C2=O)cs1. The molecular formula is C29H25ClN4O5S2. The Kier molecular flexibility index (Phi) is 8.17. The van der Waals surface area contributed by atoms with Gasteiger partial charge in [0.05, 0.1) is 28.1 Å². The summed E-state index contributed by atoms with van der Waals surface area (Å²) in [6.45, 7) is 0.179. The van der Waals surface area contributed by atoms with E-state index >= 15 is 0 Å². The van der Waals surface area contributed by atoms with Crippen molar-refractivity contribution in [3.8, 4) is 6.07 Å². The number of likely N-dealkylation sites (tertiary alicyclic amines) is 1. The average Bonchev–Trinajstić information content (AvgIpc) is 3.58. The number of nitrogen functional groups attached to an aromatic ring is 1. The van der Waals surface area contributed by atoms with Crippen LogP contribution in [0.15, 0.2) is 77.0 Å². The van der Waals surface area contributed by atoms with Crippen molar-refractivity contribution in [3.05, 3.63) is 93.1 Å². The second-order valence-electron chi connectivity index (χ2n) is 9.60. The zero-order valence-corrected chi connectivity index (χ0v) is 24.1. The van der Waals surface area contributed by atoms with E-state index in [1.807, 2.05) is 11.4 Å². The minimum absolute atomic E-state index is 0.136. The van der Waals surface area contributed by atoms with Gasteiger partial charge in [-0.05, 0) is 52.6 Å². The molecule has 0 aliphatic carbocycles. The Morgan fingerprint density at radius 1 is 1.15 bits per heavy atom. The lowest BCUT2D eigenvalue weighted by atomic mass is 10.1. The lowest BCUT2D eigenvalue weighted by molar-refractivity contribution is -0.131.